The molecule has 2 aromatic carbocycles. The first kappa shape index (κ1) is 27.4. The second-order valence-electron chi connectivity index (χ2n) is 10.4. The first-order valence-corrected chi connectivity index (χ1v) is 13.3. The summed E-state index contributed by atoms with van der Waals surface area (Å²) in [5.41, 5.74) is 2.25. The molecule has 0 spiro atoms. The molecule has 210 valence electrons. The van der Waals surface area contributed by atoms with Gasteiger partial charge in [0.15, 0.2) is 17.2 Å². The molecule has 10 nitrogen and oxygen atoms in total. The Balaban J connectivity index is 1.43. The molecule has 0 saturated heterocycles. The molecule has 0 aliphatic carbocycles. The van der Waals surface area contributed by atoms with E-state index in [0.29, 0.717) is 42.2 Å². The van der Waals surface area contributed by atoms with Gasteiger partial charge in [-0.05, 0) is 55.9 Å². The van der Waals surface area contributed by atoms with Crippen LogP contribution in [0.1, 0.15) is 40.1 Å². The Morgan fingerprint density at radius 1 is 1.18 bits per heavy atom. The number of fused-ring (bicyclic) bond motifs is 2. The number of likely N-dealkylation sites (N-methyl/N-ethyl adjacent to an activating group) is 1. The minimum atomic E-state index is -0.386. The largest absolute Gasteiger partial charge is 0.486 e. The first-order valence-electron chi connectivity index (χ1n) is 13.3. The summed E-state index contributed by atoms with van der Waals surface area (Å²) in [5, 5.41) is 12.8. The Kier molecular flexibility index (Phi) is 8.18. The fraction of sp³-hybridized carbons (Fsp3) is 0.367. The summed E-state index contributed by atoms with van der Waals surface area (Å²) in [6.45, 7) is 5.53. The van der Waals surface area contributed by atoms with Gasteiger partial charge in [0.25, 0.3) is 11.8 Å². The van der Waals surface area contributed by atoms with Crippen LogP contribution in [0.3, 0.4) is 0 Å². The quantitative estimate of drug-likeness (QED) is 0.442. The number of aliphatic hydroxyl groups excluding tert-OH is 1. The predicted octanol–water partition coefficient (Wildman–Crippen LogP) is 3.41. The third-order valence-corrected chi connectivity index (χ3v) is 7.26. The van der Waals surface area contributed by atoms with Gasteiger partial charge in [-0.3, -0.25) is 19.5 Å². The zero-order chi connectivity index (χ0) is 28.2. The Morgan fingerprint density at radius 3 is 2.73 bits per heavy atom. The second-order valence-corrected chi connectivity index (χ2v) is 10.4. The van der Waals surface area contributed by atoms with Gasteiger partial charge in [-0.1, -0.05) is 19.1 Å². The van der Waals surface area contributed by atoms with Gasteiger partial charge in [-0.25, -0.2) is 0 Å². The van der Waals surface area contributed by atoms with Crippen LogP contribution in [0, 0.1) is 5.92 Å². The zero-order valence-electron chi connectivity index (χ0n) is 22.9. The van der Waals surface area contributed by atoms with Gasteiger partial charge >= 0.3 is 0 Å². The number of aliphatic hydroxyl groups is 1. The number of aromatic nitrogens is 1. The van der Waals surface area contributed by atoms with E-state index in [2.05, 4.69) is 15.2 Å². The Bertz CT molecular complexity index is 1370. The molecule has 2 N–H and O–H groups in total. The lowest BCUT2D eigenvalue weighted by Crippen LogP contribution is -2.49. The number of ether oxygens (including phenoxy) is 3. The van der Waals surface area contributed by atoms with Crippen molar-refractivity contribution < 1.29 is 28.9 Å². The van der Waals surface area contributed by atoms with Crippen molar-refractivity contribution in [3.8, 4) is 17.2 Å². The standard InChI is InChI=1S/C30H34N4O6/c1-19-14-34(20(2)17-35)30(37)23-5-4-6-24(32-29(36)22-9-11-31-12-10-22)28(23)40-27(19)16-33(3)15-21-7-8-25-26(13-21)39-18-38-25/h4-13,19-20,27,35H,14-18H2,1-3H3,(H,32,36)/t19-,20-,27-/m1/s1. The number of rotatable bonds is 8. The number of pyridine rings is 1. The molecule has 40 heavy (non-hydrogen) atoms. The van der Waals surface area contributed by atoms with Crippen molar-refractivity contribution in [1.82, 2.24) is 14.8 Å². The summed E-state index contributed by atoms with van der Waals surface area (Å²) in [6, 6.07) is 13.9. The Labute approximate surface area is 233 Å². The molecule has 0 unspecified atom stereocenters. The molecule has 0 saturated carbocycles. The number of amides is 2. The Hall–Kier alpha value is -4.15. The van der Waals surface area contributed by atoms with Crippen molar-refractivity contribution in [3.05, 3.63) is 77.6 Å². The summed E-state index contributed by atoms with van der Waals surface area (Å²) in [5.74, 6) is 1.13. The molecular weight excluding hydrogens is 512 g/mol. The number of carbonyl (C=O) groups excluding carboxylic acids is 2. The van der Waals surface area contributed by atoms with E-state index in [4.69, 9.17) is 14.2 Å². The Morgan fingerprint density at radius 2 is 1.95 bits per heavy atom. The maximum Gasteiger partial charge on any atom is 0.258 e. The molecule has 2 amide bonds. The molecule has 0 radical (unpaired) electrons. The number of para-hydroxylation sites is 1. The van der Waals surface area contributed by atoms with E-state index >= 15 is 0 Å². The van der Waals surface area contributed by atoms with Crippen LogP contribution in [-0.2, 0) is 6.54 Å². The molecule has 2 aliphatic rings. The van der Waals surface area contributed by atoms with E-state index in [1.165, 1.54) is 0 Å². The third-order valence-electron chi connectivity index (χ3n) is 7.26. The third kappa shape index (κ3) is 5.88. The number of hydrogen-bond donors (Lipinski definition) is 2. The summed E-state index contributed by atoms with van der Waals surface area (Å²) in [4.78, 5) is 34.5. The van der Waals surface area contributed by atoms with Crippen molar-refractivity contribution in [3.63, 3.8) is 0 Å². The SMILES string of the molecule is C[C@@H]1CN([C@H](C)CO)C(=O)c2cccc(NC(=O)c3ccncc3)c2O[C@@H]1CN(C)Cc1ccc2c(c1)OCO2. The lowest BCUT2D eigenvalue weighted by molar-refractivity contribution is 0.0343. The van der Waals surface area contributed by atoms with Crippen LogP contribution < -0.4 is 19.5 Å². The van der Waals surface area contributed by atoms with Gasteiger partial charge in [-0.2, -0.15) is 0 Å². The highest BCUT2D eigenvalue weighted by Gasteiger charge is 2.34. The average Bonchev–Trinajstić information content (AvgIpc) is 3.43. The molecular formula is C30H34N4O6. The van der Waals surface area contributed by atoms with E-state index < -0.39 is 0 Å². The minimum absolute atomic E-state index is 0.0748. The number of benzene rings is 2. The molecule has 3 heterocycles. The summed E-state index contributed by atoms with van der Waals surface area (Å²) < 4.78 is 17.6. The van der Waals surface area contributed by atoms with Crippen LogP contribution in [0.25, 0.3) is 0 Å². The smallest absolute Gasteiger partial charge is 0.258 e. The predicted molar refractivity (Wildman–Crippen MR) is 149 cm³/mol. The van der Waals surface area contributed by atoms with Gasteiger partial charge in [0.05, 0.1) is 23.9 Å². The van der Waals surface area contributed by atoms with Crippen molar-refractivity contribution in [1.29, 1.82) is 0 Å². The molecule has 10 heteroatoms. The molecule has 0 bridgehead atoms. The van der Waals surface area contributed by atoms with Crippen LogP contribution in [0.5, 0.6) is 17.2 Å². The highest BCUT2D eigenvalue weighted by molar-refractivity contribution is 6.07. The van der Waals surface area contributed by atoms with Gasteiger partial charge in [0, 0.05) is 43.5 Å². The van der Waals surface area contributed by atoms with E-state index in [1.807, 2.05) is 39.1 Å². The number of hydrogen-bond acceptors (Lipinski definition) is 8. The average molecular weight is 547 g/mol. The van der Waals surface area contributed by atoms with Crippen molar-refractivity contribution >= 4 is 17.5 Å². The molecule has 3 atom stereocenters. The maximum absolute atomic E-state index is 13.7. The monoisotopic (exact) mass is 546 g/mol. The van der Waals surface area contributed by atoms with E-state index in [0.717, 1.165) is 17.1 Å². The van der Waals surface area contributed by atoms with Crippen LogP contribution in [0.15, 0.2) is 60.9 Å². The van der Waals surface area contributed by atoms with E-state index in [-0.39, 0.29) is 43.3 Å². The summed E-state index contributed by atoms with van der Waals surface area (Å²) >= 11 is 0. The number of nitrogens with zero attached hydrogens (tertiary/aromatic N) is 3. The van der Waals surface area contributed by atoms with Crippen molar-refractivity contribution in [2.24, 2.45) is 5.92 Å². The molecule has 2 aliphatic heterocycles. The number of carbonyl (C=O) groups is 2. The lowest BCUT2D eigenvalue weighted by atomic mass is 9.98. The highest BCUT2D eigenvalue weighted by atomic mass is 16.7. The normalized spacial score (nSPS) is 18.9. The van der Waals surface area contributed by atoms with E-state index in [9.17, 15) is 14.7 Å². The summed E-state index contributed by atoms with van der Waals surface area (Å²) in [7, 11) is 2.01. The second kappa shape index (κ2) is 11.9. The van der Waals surface area contributed by atoms with Crippen LogP contribution >= 0.6 is 0 Å². The van der Waals surface area contributed by atoms with Crippen molar-refractivity contribution in [2.45, 2.75) is 32.5 Å². The van der Waals surface area contributed by atoms with Gasteiger partial charge in [-0.15, -0.1) is 0 Å². The minimum Gasteiger partial charge on any atom is -0.486 e. The highest BCUT2D eigenvalue weighted by Crippen LogP contribution is 2.36. The topological polar surface area (TPSA) is 113 Å². The zero-order valence-corrected chi connectivity index (χ0v) is 22.9. The fourth-order valence-electron chi connectivity index (χ4n) is 4.98. The maximum atomic E-state index is 13.7. The summed E-state index contributed by atoms with van der Waals surface area (Å²) in [6.07, 6.45) is 2.78. The molecule has 0 fully saturated rings. The van der Waals surface area contributed by atoms with E-state index in [1.54, 1.807) is 47.6 Å². The molecule has 5 rings (SSSR count). The van der Waals surface area contributed by atoms with Crippen LogP contribution in [0.4, 0.5) is 5.69 Å². The number of anilines is 1. The van der Waals surface area contributed by atoms with Crippen LogP contribution in [-0.4, -0.2) is 77.4 Å². The van der Waals surface area contributed by atoms with Crippen molar-refractivity contribution in [2.75, 3.05) is 38.9 Å². The molecule has 1 aromatic heterocycles. The lowest BCUT2D eigenvalue weighted by Gasteiger charge is -2.38. The van der Waals surface area contributed by atoms with Gasteiger partial charge in [0.1, 0.15) is 6.10 Å². The van der Waals surface area contributed by atoms with Crippen LogP contribution in [0.2, 0.25) is 0 Å². The number of nitrogens with one attached hydrogen (secondary N) is 1. The fourth-order valence-corrected chi connectivity index (χ4v) is 4.98. The molecule has 3 aromatic rings. The first-order chi connectivity index (χ1) is 19.3. The van der Waals surface area contributed by atoms with Gasteiger partial charge < -0.3 is 29.5 Å². The van der Waals surface area contributed by atoms with Gasteiger partial charge in [0.2, 0.25) is 6.79 Å².